The lowest BCUT2D eigenvalue weighted by atomic mass is 9.66. The van der Waals surface area contributed by atoms with E-state index in [2.05, 4.69) is 5.32 Å². The number of nitrogens with zero attached hydrogens (tertiary/aromatic N) is 2. The normalized spacial score (nSPS) is 29.4. The van der Waals surface area contributed by atoms with Crippen molar-refractivity contribution in [1.82, 2.24) is 10.2 Å². The molecular formula is C17H18FN3O3. The summed E-state index contributed by atoms with van der Waals surface area (Å²) in [6.07, 6.45) is 2.48. The summed E-state index contributed by atoms with van der Waals surface area (Å²) < 4.78 is 14.4. The number of carbonyl (C=O) groups excluding carboxylic acids is 3. The second-order valence-electron chi connectivity index (χ2n) is 6.72. The first-order chi connectivity index (χ1) is 11.5. The second kappa shape index (κ2) is 5.03. The highest BCUT2D eigenvalue weighted by molar-refractivity contribution is 6.20. The van der Waals surface area contributed by atoms with Gasteiger partial charge >= 0.3 is 6.03 Å². The minimum Gasteiger partial charge on any atom is -0.364 e. The number of amides is 4. The summed E-state index contributed by atoms with van der Waals surface area (Å²) in [6.45, 7) is 0.596. The third-order valence-corrected chi connectivity index (χ3v) is 5.52. The Labute approximate surface area is 138 Å². The number of benzene rings is 1. The molecule has 0 radical (unpaired) electrons. The summed E-state index contributed by atoms with van der Waals surface area (Å²) in [4.78, 5) is 40.4. The number of carbonyl (C=O) groups is 3. The number of rotatable bonds is 0. The van der Waals surface area contributed by atoms with Crippen molar-refractivity contribution in [2.75, 3.05) is 18.5 Å². The molecule has 4 amide bonds. The quantitative estimate of drug-likeness (QED) is 0.730. The number of hydrogen-bond donors (Lipinski definition) is 1. The first-order valence-electron chi connectivity index (χ1n) is 8.14. The predicted octanol–water partition coefficient (Wildman–Crippen LogP) is 1.44. The summed E-state index contributed by atoms with van der Waals surface area (Å²) in [6, 6.07) is 3.61. The van der Waals surface area contributed by atoms with Gasteiger partial charge in [0.05, 0.1) is 11.7 Å². The van der Waals surface area contributed by atoms with Gasteiger partial charge in [-0.05, 0) is 37.3 Å². The highest BCUT2D eigenvalue weighted by Crippen LogP contribution is 2.48. The Bertz CT molecular complexity index is 765. The maximum atomic E-state index is 14.4. The van der Waals surface area contributed by atoms with Gasteiger partial charge in [-0.1, -0.05) is 12.1 Å². The van der Waals surface area contributed by atoms with Gasteiger partial charge in [-0.25, -0.2) is 9.18 Å². The summed E-state index contributed by atoms with van der Waals surface area (Å²) in [5, 5.41) is 2.31. The average molecular weight is 331 g/mol. The van der Waals surface area contributed by atoms with E-state index in [-0.39, 0.29) is 12.2 Å². The van der Waals surface area contributed by atoms with Crippen LogP contribution in [0.4, 0.5) is 14.9 Å². The van der Waals surface area contributed by atoms with Gasteiger partial charge < -0.3 is 4.90 Å². The Morgan fingerprint density at radius 1 is 1.25 bits per heavy atom. The van der Waals surface area contributed by atoms with Gasteiger partial charge in [0, 0.05) is 13.6 Å². The van der Waals surface area contributed by atoms with Crippen LogP contribution < -0.4 is 10.2 Å². The van der Waals surface area contributed by atoms with Crippen molar-refractivity contribution in [1.29, 1.82) is 0 Å². The maximum Gasteiger partial charge on any atom is 0.330 e. The lowest BCUT2D eigenvalue weighted by Gasteiger charge is -2.53. The van der Waals surface area contributed by atoms with E-state index in [4.69, 9.17) is 0 Å². The third kappa shape index (κ3) is 1.78. The van der Waals surface area contributed by atoms with Gasteiger partial charge in [-0.2, -0.15) is 0 Å². The molecule has 0 aromatic heterocycles. The zero-order valence-corrected chi connectivity index (χ0v) is 13.3. The fraction of sp³-hybridized carbons (Fsp3) is 0.471. The minimum absolute atomic E-state index is 0.115. The van der Waals surface area contributed by atoms with Crippen LogP contribution in [0.3, 0.4) is 0 Å². The van der Waals surface area contributed by atoms with Crippen molar-refractivity contribution in [3.05, 3.63) is 29.6 Å². The van der Waals surface area contributed by atoms with Crippen LogP contribution in [0.1, 0.15) is 24.8 Å². The number of nitrogens with one attached hydrogen (secondary N) is 1. The van der Waals surface area contributed by atoms with Gasteiger partial charge in [0.2, 0.25) is 11.8 Å². The minimum atomic E-state index is -1.37. The molecule has 0 aliphatic carbocycles. The monoisotopic (exact) mass is 331 g/mol. The standard InChI is InChI=1S/C17H18FN3O3/c1-20-15(23)17(14(22)19-16(20)24)9-10-5-4-6-11(18)13(10)21-8-3-2-7-12(17)21/h4-6,12H,2-3,7-9H2,1H3,(H,19,22,24)/t12-,17-/m1/s1. The number of fused-ring (bicyclic) bond motifs is 4. The molecule has 0 bridgehead atoms. The number of piperidine rings is 1. The number of imide groups is 2. The van der Waals surface area contributed by atoms with Gasteiger partial charge in [0.1, 0.15) is 5.82 Å². The zero-order chi connectivity index (χ0) is 17.1. The van der Waals surface area contributed by atoms with E-state index in [0.717, 1.165) is 17.7 Å². The van der Waals surface area contributed by atoms with Crippen molar-refractivity contribution in [2.24, 2.45) is 5.41 Å². The van der Waals surface area contributed by atoms with Crippen molar-refractivity contribution in [2.45, 2.75) is 31.7 Å². The molecule has 1 N–H and O–H groups in total. The molecule has 126 valence electrons. The van der Waals surface area contributed by atoms with Crippen LogP contribution >= 0.6 is 0 Å². The number of para-hydroxylation sites is 1. The molecule has 1 spiro atoms. The fourth-order valence-corrected chi connectivity index (χ4v) is 4.38. The number of halogens is 1. The summed E-state index contributed by atoms with van der Waals surface area (Å²) in [7, 11) is 1.38. The highest BCUT2D eigenvalue weighted by atomic mass is 19.1. The molecule has 0 saturated carbocycles. The summed E-state index contributed by atoms with van der Waals surface area (Å²) >= 11 is 0. The van der Waals surface area contributed by atoms with E-state index in [1.165, 1.54) is 13.1 Å². The molecule has 3 heterocycles. The molecule has 24 heavy (non-hydrogen) atoms. The van der Waals surface area contributed by atoms with Gasteiger partial charge in [0.25, 0.3) is 0 Å². The molecule has 7 heteroatoms. The molecule has 1 aromatic rings. The Balaban J connectivity index is 1.92. The van der Waals surface area contributed by atoms with Crippen LogP contribution in [-0.2, 0) is 16.0 Å². The smallest absolute Gasteiger partial charge is 0.330 e. The first-order valence-corrected chi connectivity index (χ1v) is 8.14. The highest BCUT2D eigenvalue weighted by Gasteiger charge is 2.61. The molecule has 3 aliphatic heterocycles. The lowest BCUT2D eigenvalue weighted by molar-refractivity contribution is -0.153. The fourth-order valence-electron chi connectivity index (χ4n) is 4.38. The molecule has 0 unspecified atom stereocenters. The Kier molecular flexibility index (Phi) is 3.16. The van der Waals surface area contributed by atoms with E-state index >= 15 is 0 Å². The summed E-state index contributed by atoms with van der Waals surface area (Å²) in [5.41, 5.74) is -0.239. The molecular weight excluding hydrogens is 313 g/mol. The molecule has 6 nitrogen and oxygen atoms in total. The molecule has 2 fully saturated rings. The average Bonchev–Trinajstić information content (AvgIpc) is 2.58. The molecule has 2 atom stereocenters. The van der Waals surface area contributed by atoms with Crippen LogP contribution in [0.2, 0.25) is 0 Å². The largest absolute Gasteiger partial charge is 0.364 e. The van der Waals surface area contributed by atoms with Crippen LogP contribution in [0.25, 0.3) is 0 Å². The van der Waals surface area contributed by atoms with Crippen molar-refractivity contribution < 1.29 is 18.8 Å². The third-order valence-electron chi connectivity index (χ3n) is 5.52. The number of anilines is 1. The first kappa shape index (κ1) is 15.1. The van der Waals surface area contributed by atoms with Crippen molar-refractivity contribution in [3.63, 3.8) is 0 Å². The van der Waals surface area contributed by atoms with E-state index in [1.54, 1.807) is 12.1 Å². The van der Waals surface area contributed by atoms with Crippen LogP contribution in [0, 0.1) is 11.2 Å². The van der Waals surface area contributed by atoms with E-state index in [9.17, 15) is 18.8 Å². The molecule has 2 saturated heterocycles. The van der Waals surface area contributed by atoms with E-state index in [1.807, 2.05) is 4.90 Å². The lowest BCUT2D eigenvalue weighted by Crippen LogP contribution is -2.72. The predicted molar refractivity (Wildman–Crippen MR) is 83.8 cm³/mol. The van der Waals surface area contributed by atoms with Crippen LogP contribution in [0.15, 0.2) is 18.2 Å². The second-order valence-corrected chi connectivity index (χ2v) is 6.72. The van der Waals surface area contributed by atoms with Crippen molar-refractivity contribution in [3.8, 4) is 0 Å². The zero-order valence-electron chi connectivity index (χ0n) is 13.3. The topological polar surface area (TPSA) is 69.7 Å². The molecule has 4 rings (SSSR count). The Hall–Kier alpha value is -2.44. The number of urea groups is 1. The van der Waals surface area contributed by atoms with Gasteiger partial charge in [0.15, 0.2) is 5.41 Å². The molecule has 3 aliphatic rings. The maximum absolute atomic E-state index is 14.4. The SMILES string of the molecule is CN1C(=O)NC(=O)[C@]2(Cc3cccc(F)c3N3CCCC[C@@H]32)C1=O. The van der Waals surface area contributed by atoms with Crippen LogP contribution in [0.5, 0.6) is 0 Å². The Morgan fingerprint density at radius 2 is 2.04 bits per heavy atom. The summed E-state index contributed by atoms with van der Waals surface area (Å²) in [5.74, 6) is -1.40. The molecule has 1 aromatic carbocycles. The van der Waals surface area contributed by atoms with E-state index < -0.39 is 29.3 Å². The number of barbiturate groups is 1. The van der Waals surface area contributed by atoms with Crippen LogP contribution in [-0.4, -0.2) is 42.4 Å². The van der Waals surface area contributed by atoms with Gasteiger partial charge in [-0.3, -0.25) is 19.8 Å². The number of hydrogen-bond acceptors (Lipinski definition) is 4. The van der Waals surface area contributed by atoms with Gasteiger partial charge in [-0.15, -0.1) is 0 Å². The van der Waals surface area contributed by atoms with E-state index in [0.29, 0.717) is 24.2 Å². The van der Waals surface area contributed by atoms with Crippen molar-refractivity contribution >= 4 is 23.5 Å². The Morgan fingerprint density at radius 3 is 2.83 bits per heavy atom.